The lowest BCUT2D eigenvalue weighted by Crippen LogP contribution is -2.44. The van der Waals surface area contributed by atoms with Crippen LogP contribution in [0, 0.1) is 10.8 Å². The van der Waals surface area contributed by atoms with Crippen molar-refractivity contribution in [2.75, 3.05) is 49.9 Å². The van der Waals surface area contributed by atoms with Crippen LogP contribution in [0.2, 0.25) is 0 Å². The van der Waals surface area contributed by atoms with Crippen molar-refractivity contribution in [3.8, 4) is 0 Å². The SMILES string of the molecule is N=C(N)NCCC[C@H](N)C(=O)NCCNC(=O)c1cc2ccc(NC(=O)c3ccc4[nH]c(C(=O)Nc5ccc6cc(C(=O)NCCNC(=O)[C@@H](N)CCCNC(=N)N)[nH]c6c5)cc4c3)cc2[nH]1. The Labute approximate surface area is 383 Å². The predicted molar refractivity (Wildman–Crippen MR) is 256 cm³/mol. The predicted octanol–water partition coefficient (Wildman–Crippen LogP) is 0.508. The Balaban J connectivity index is 0.958. The van der Waals surface area contributed by atoms with Crippen LogP contribution < -0.4 is 65.5 Å². The first kappa shape index (κ1) is 48.0. The molecule has 2 atom stereocenters. The zero-order valence-corrected chi connectivity index (χ0v) is 36.4. The molecule has 0 aliphatic heterocycles. The van der Waals surface area contributed by atoms with Crippen LogP contribution in [0.3, 0.4) is 0 Å². The second kappa shape index (κ2) is 22.5. The van der Waals surface area contributed by atoms with Gasteiger partial charge in [0.2, 0.25) is 11.8 Å². The third-order valence-electron chi connectivity index (χ3n) is 10.5. The van der Waals surface area contributed by atoms with Gasteiger partial charge in [0.15, 0.2) is 11.9 Å². The molecule has 0 unspecified atom stereocenters. The first-order valence-electron chi connectivity index (χ1n) is 21.4. The fourth-order valence-corrected chi connectivity index (χ4v) is 6.98. The number of rotatable bonds is 22. The van der Waals surface area contributed by atoms with Crippen molar-refractivity contribution in [1.82, 2.24) is 46.9 Å². The molecule has 0 spiro atoms. The van der Waals surface area contributed by atoms with Crippen molar-refractivity contribution in [1.29, 1.82) is 10.8 Å². The van der Waals surface area contributed by atoms with Crippen molar-refractivity contribution >= 4 is 91.4 Å². The smallest absolute Gasteiger partial charge is 0.272 e. The van der Waals surface area contributed by atoms with Gasteiger partial charge in [0, 0.05) is 88.9 Å². The van der Waals surface area contributed by atoms with E-state index in [1.165, 1.54) is 0 Å². The number of hydrogen-bond donors (Lipinski definition) is 17. The minimum atomic E-state index is -0.730. The summed E-state index contributed by atoms with van der Waals surface area (Å²) in [6, 6.07) is 18.9. The molecule has 67 heavy (non-hydrogen) atoms. The average molecular weight is 918 g/mol. The molecule has 21 N–H and O–H groups in total. The van der Waals surface area contributed by atoms with Crippen LogP contribution in [0.25, 0.3) is 32.7 Å². The van der Waals surface area contributed by atoms with Gasteiger partial charge in [-0.1, -0.05) is 12.1 Å². The maximum Gasteiger partial charge on any atom is 0.272 e. The van der Waals surface area contributed by atoms with Gasteiger partial charge in [-0.2, -0.15) is 0 Å². The number of aromatic amines is 3. The van der Waals surface area contributed by atoms with E-state index in [9.17, 15) is 28.8 Å². The van der Waals surface area contributed by atoms with Crippen molar-refractivity contribution in [3.05, 3.63) is 95.4 Å². The highest BCUT2D eigenvalue weighted by Crippen LogP contribution is 2.24. The van der Waals surface area contributed by atoms with E-state index in [4.69, 9.17) is 33.8 Å². The van der Waals surface area contributed by atoms with Crippen LogP contribution in [0.4, 0.5) is 11.4 Å². The molecule has 6 amide bonds. The number of fused-ring (bicyclic) bond motifs is 3. The van der Waals surface area contributed by atoms with Crippen LogP contribution in [0.15, 0.2) is 72.8 Å². The Hall–Kier alpha value is -8.44. The number of nitrogens with one attached hydrogen (secondary N) is 13. The van der Waals surface area contributed by atoms with Gasteiger partial charge in [-0.25, -0.2) is 0 Å². The third kappa shape index (κ3) is 13.5. The molecule has 0 aliphatic rings. The van der Waals surface area contributed by atoms with Crippen LogP contribution in [0.5, 0.6) is 0 Å². The van der Waals surface area contributed by atoms with Crippen LogP contribution in [-0.2, 0) is 9.59 Å². The number of amides is 6. The van der Waals surface area contributed by atoms with Gasteiger partial charge < -0.3 is 80.4 Å². The fraction of sp³-hybridized carbons (Fsp3) is 0.273. The first-order valence-corrected chi connectivity index (χ1v) is 21.4. The van der Waals surface area contributed by atoms with E-state index in [1.54, 1.807) is 72.8 Å². The summed E-state index contributed by atoms with van der Waals surface area (Å²) in [6.45, 7) is 1.56. The van der Waals surface area contributed by atoms with Crippen molar-refractivity contribution in [2.45, 2.75) is 37.8 Å². The molecule has 3 aromatic carbocycles. The summed E-state index contributed by atoms with van der Waals surface area (Å²) in [5.74, 6) is -2.57. The summed E-state index contributed by atoms with van der Waals surface area (Å²) in [5.41, 5.74) is 26.3. The number of nitrogens with two attached hydrogens (primary N) is 4. The quantitative estimate of drug-likeness (QED) is 0.0252. The van der Waals surface area contributed by atoms with E-state index < -0.39 is 18.0 Å². The van der Waals surface area contributed by atoms with Gasteiger partial charge in [-0.15, -0.1) is 0 Å². The van der Waals surface area contributed by atoms with Gasteiger partial charge in [-0.05, 0) is 86.3 Å². The Morgan fingerprint density at radius 1 is 0.463 bits per heavy atom. The lowest BCUT2D eigenvalue weighted by atomic mass is 10.1. The Morgan fingerprint density at radius 3 is 1.39 bits per heavy atom. The van der Waals surface area contributed by atoms with Crippen LogP contribution >= 0.6 is 0 Å². The Kier molecular flexibility index (Phi) is 16.1. The number of aromatic nitrogens is 3. The zero-order chi connectivity index (χ0) is 48.0. The molecular formula is C44H55N17O6. The topological polar surface area (TPSA) is 398 Å². The van der Waals surface area contributed by atoms with Crippen LogP contribution in [0.1, 0.15) is 67.5 Å². The number of guanidine groups is 2. The fourth-order valence-electron chi connectivity index (χ4n) is 6.98. The normalized spacial score (nSPS) is 11.9. The van der Waals surface area contributed by atoms with Gasteiger partial charge in [0.1, 0.15) is 17.1 Å². The highest BCUT2D eigenvalue weighted by atomic mass is 16.2. The molecular weight excluding hydrogens is 863 g/mol. The first-order chi connectivity index (χ1) is 32.1. The number of hydrogen-bond acceptors (Lipinski definition) is 10. The molecule has 6 rings (SSSR count). The van der Waals surface area contributed by atoms with Gasteiger partial charge in [-0.3, -0.25) is 39.6 Å². The second-order valence-corrected chi connectivity index (χ2v) is 15.6. The molecule has 0 saturated heterocycles. The molecule has 0 bridgehead atoms. The number of benzene rings is 3. The minimum absolute atomic E-state index is 0.148. The van der Waals surface area contributed by atoms with E-state index >= 15 is 0 Å². The van der Waals surface area contributed by atoms with E-state index in [1.807, 2.05) is 0 Å². The van der Waals surface area contributed by atoms with Crippen molar-refractivity contribution < 1.29 is 28.8 Å². The third-order valence-corrected chi connectivity index (χ3v) is 10.5. The molecule has 3 heterocycles. The second-order valence-electron chi connectivity index (χ2n) is 15.6. The maximum atomic E-state index is 13.3. The minimum Gasteiger partial charge on any atom is -0.370 e. The average Bonchev–Trinajstić information content (AvgIpc) is 4.05. The Bertz CT molecular complexity index is 2660. The number of H-pyrrole nitrogens is 3. The summed E-state index contributed by atoms with van der Waals surface area (Å²) in [6.07, 6.45) is 1.93. The summed E-state index contributed by atoms with van der Waals surface area (Å²) < 4.78 is 0. The number of carbonyl (C=O) groups is 6. The van der Waals surface area contributed by atoms with Crippen molar-refractivity contribution in [3.63, 3.8) is 0 Å². The van der Waals surface area contributed by atoms with Gasteiger partial charge in [0.05, 0.1) is 12.1 Å². The number of anilines is 2. The monoisotopic (exact) mass is 917 g/mol. The molecule has 23 heteroatoms. The molecule has 0 saturated carbocycles. The molecule has 23 nitrogen and oxygen atoms in total. The summed E-state index contributed by atoms with van der Waals surface area (Å²) in [4.78, 5) is 86.0. The molecule has 352 valence electrons. The lowest BCUT2D eigenvalue weighted by Gasteiger charge is -2.12. The highest BCUT2D eigenvalue weighted by molar-refractivity contribution is 6.10. The highest BCUT2D eigenvalue weighted by Gasteiger charge is 2.18. The summed E-state index contributed by atoms with van der Waals surface area (Å²) in [7, 11) is 0. The molecule has 0 fully saturated rings. The van der Waals surface area contributed by atoms with E-state index in [0.717, 1.165) is 10.8 Å². The van der Waals surface area contributed by atoms with Crippen LogP contribution in [-0.4, -0.2) is 114 Å². The molecule has 0 aliphatic carbocycles. The van der Waals surface area contributed by atoms with E-state index in [0.29, 0.717) is 89.0 Å². The van der Waals surface area contributed by atoms with Crippen molar-refractivity contribution in [2.24, 2.45) is 22.9 Å². The summed E-state index contributed by atoms with van der Waals surface area (Å²) >= 11 is 0. The largest absolute Gasteiger partial charge is 0.370 e. The standard InChI is InChI=1S/C44H55N17O6/c45-29(3-1-11-55-43(47)48)38(63)51-13-15-53-40(65)34-18-23-5-8-27(21-32(23)60-34)57-37(62)25-7-10-31-26(17-25)20-36(59-31)42(67)58-28-9-6-24-19-35(61-33(24)22-28)41(66)54-16-14-52-39(64)30(46)4-2-12-56-44(49)50/h5-10,17-22,29-30,59-61H,1-4,11-16,45-46H2,(H,51,63)(H,52,64)(H,53,65)(H,54,66)(H,57,62)(H,58,67)(H4,47,48,55)(H4,49,50,56)/t29-,30-/m0/s1. The molecule has 0 radical (unpaired) electrons. The molecule has 3 aromatic heterocycles. The number of carbonyl (C=O) groups excluding carboxylic acids is 6. The Morgan fingerprint density at radius 2 is 0.896 bits per heavy atom. The van der Waals surface area contributed by atoms with E-state index in [2.05, 4.69) is 57.5 Å². The maximum absolute atomic E-state index is 13.3. The zero-order valence-electron chi connectivity index (χ0n) is 36.4. The summed E-state index contributed by atoms with van der Waals surface area (Å²) in [5, 5.41) is 38.3. The lowest BCUT2D eigenvalue weighted by molar-refractivity contribution is -0.123. The van der Waals surface area contributed by atoms with Gasteiger partial charge >= 0.3 is 0 Å². The molecule has 6 aromatic rings. The van der Waals surface area contributed by atoms with Gasteiger partial charge in [0.25, 0.3) is 23.6 Å². The van der Waals surface area contributed by atoms with E-state index in [-0.39, 0.29) is 73.3 Å².